The van der Waals surface area contributed by atoms with Crippen molar-refractivity contribution in [3.8, 4) is 0 Å². The maximum atomic E-state index is 12.3. The van der Waals surface area contributed by atoms with Crippen LogP contribution in [0.4, 0.5) is 0 Å². The molecule has 0 saturated carbocycles. The Morgan fingerprint density at radius 1 is 0.574 bits per heavy atom. The Morgan fingerprint density at radius 2 is 1.04 bits per heavy atom. The van der Waals surface area contributed by atoms with Crippen LogP contribution in [-0.4, -0.2) is 217 Å². The number of ether oxygens (including phenoxy) is 7. The highest BCUT2D eigenvalue weighted by molar-refractivity contribution is 5.73. The monoisotopic (exact) mass is 691 g/mol. The molecule has 4 heterocycles. The summed E-state index contributed by atoms with van der Waals surface area (Å²) in [6, 6.07) is -1.57. The van der Waals surface area contributed by atoms with E-state index in [0.717, 1.165) is 6.92 Å². The summed E-state index contributed by atoms with van der Waals surface area (Å²) in [4.78, 5) is 12.3. The summed E-state index contributed by atoms with van der Waals surface area (Å²) in [5.41, 5.74) is 0. The normalized spacial score (nSPS) is 49.4. The third-order valence-electron chi connectivity index (χ3n) is 8.53. The van der Waals surface area contributed by atoms with Gasteiger partial charge >= 0.3 is 0 Å². The van der Waals surface area contributed by atoms with Crippen LogP contribution in [-0.2, 0) is 38.0 Å². The lowest BCUT2D eigenvalue weighted by Crippen LogP contribution is -2.70. The Kier molecular flexibility index (Phi) is 13.6. The van der Waals surface area contributed by atoms with Gasteiger partial charge in [-0.15, -0.1) is 0 Å². The van der Waals surface area contributed by atoms with Crippen molar-refractivity contribution in [2.24, 2.45) is 0 Å². The average Bonchev–Trinajstić information content (AvgIpc) is 3.04. The Hall–Kier alpha value is -1.29. The van der Waals surface area contributed by atoms with Gasteiger partial charge in [0.15, 0.2) is 18.9 Å². The van der Waals surface area contributed by atoms with Crippen LogP contribution in [0, 0.1) is 0 Å². The van der Waals surface area contributed by atoms with Gasteiger partial charge in [0.05, 0.1) is 33.0 Å². The molecule has 0 aromatic heterocycles. The number of carbonyl (C=O) groups excluding carboxylic acids is 1. The second-order valence-electron chi connectivity index (χ2n) is 11.8. The highest BCUT2D eigenvalue weighted by Crippen LogP contribution is 2.34. The van der Waals surface area contributed by atoms with Crippen LogP contribution in [0.3, 0.4) is 0 Å². The molecule has 0 spiro atoms. The summed E-state index contributed by atoms with van der Waals surface area (Å²) < 4.78 is 39.1. The van der Waals surface area contributed by atoms with Crippen molar-refractivity contribution in [1.29, 1.82) is 0 Å². The van der Waals surface area contributed by atoms with Gasteiger partial charge in [0, 0.05) is 6.92 Å². The van der Waals surface area contributed by atoms with Gasteiger partial charge in [-0.1, -0.05) is 0 Å². The van der Waals surface area contributed by atoms with E-state index >= 15 is 0 Å². The smallest absolute Gasteiger partial charge is 0.217 e. The van der Waals surface area contributed by atoms with Gasteiger partial charge < -0.3 is 99.8 Å². The minimum atomic E-state index is -1.97. The summed E-state index contributed by atoms with van der Waals surface area (Å²) in [5.74, 6) is -0.744. The number of hydrogen-bond acceptors (Lipinski definition) is 20. The standard InChI is InChI=1S/C26H45NO20/c1-7(32)27-13-22(46-25-19(39)18(38)15(35)9(2-28)43-25)16(36)10(3-29)42-24(13)47-23-17(37)11(4-30)44-26(20(23)40)45-21-12(5-31)41-6-8(33)14(21)34/h8-26,28-31,33-40H,2-6H2,1H3,(H,27,32)/t8?,9?,10?,11?,12?,13?,14?,15-,16+,17-,18?,19?,20?,21+,22?,23?,24-,25-,26-/m0/s1. The van der Waals surface area contributed by atoms with E-state index in [-0.39, 0.29) is 6.61 Å². The predicted molar refractivity (Wildman–Crippen MR) is 144 cm³/mol. The quantitative estimate of drug-likeness (QED) is 0.0956. The molecule has 47 heavy (non-hydrogen) atoms. The second-order valence-corrected chi connectivity index (χ2v) is 11.8. The summed E-state index contributed by atoms with van der Waals surface area (Å²) in [6.45, 7) is -2.48. The molecule has 19 atom stereocenters. The first-order valence-electron chi connectivity index (χ1n) is 15.0. The molecule has 4 aliphatic heterocycles. The first-order valence-corrected chi connectivity index (χ1v) is 15.0. The lowest BCUT2D eigenvalue weighted by molar-refractivity contribution is -0.374. The maximum Gasteiger partial charge on any atom is 0.217 e. The molecule has 12 unspecified atom stereocenters. The van der Waals surface area contributed by atoms with Gasteiger partial charge in [-0.05, 0) is 0 Å². The van der Waals surface area contributed by atoms with Crippen molar-refractivity contribution < 1.29 is 99.2 Å². The molecule has 0 aromatic rings. The Bertz CT molecular complexity index is 994. The van der Waals surface area contributed by atoms with Crippen LogP contribution in [0.2, 0.25) is 0 Å². The van der Waals surface area contributed by atoms with Crippen LogP contribution < -0.4 is 5.32 Å². The van der Waals surface area contributed by atoms with Crippen LogP contribution in [0.25, 0.3) is 0 Å². The Labute approximate surface area is 267 Å². The summed E-state index contributed by atoms with van der Waals surface area (Å²) in [6.07, 6.45) is -30.2. The fourth-order valence-corrected chi connectivity index (χ4v) is 5.88. The molecule has 0 radical (unpaired) electrons. The molecule has 274 valence electrons. The SMILES string of the molecule is CC(=O)NC1C(O[C@@H]2OC(CO)[C@H](O)C(O)C2O)[C@H](O)C(CO)O[C@H]1OC1C(O)[C@H](O[C@@H]2C(CO)OCC(O)C2O)OC(CO)[C@@H]1O. The molecule has 21 nitrogen and oxygen atoms in total. The number of amides is 1. The minimum absolute atomic E-state index is 0.335. The second kappa shape index (κ2) is 16.6. The summed E-state index contributed by atoms with van der Waals surface area (Å²) in [5, 5.41) is 126. The number of aliphatic hydroxyl groups excluding tert-OH is 12. The molecule has 4 aliphatic rings. The topological polar surface area (TPSA) is 336 Å². The zero-order valence-corrected chi connectivity index (χ0v) is 25.1. The number of aliphatic hydroxyl groups is 12. The van der Waals surface area contributed by atoms with Gasteiger partial charge in [-0.25, -0.2) is 0 Å². The van der Waals surface area contributed by atoms with E-state index in [4.69, 9.17) is 33.2 Å². The van der Waals surface area contributed by atoms with Gasteiger partial charge in [0.1, 0.15) is 97.6 Å². The zero-order valence-electron chi connectivity index (χ0n) is 25.1. The van der Waals surface area contributed by atoms with Crippen molar-refractivity contribution in [2.45, 2.75) is 123 Å². The molecule has 0 aliphatic carbocycles. The molecular formula is C26H45NO20. The van der Waals surface area contributed by atoms with E-state index in [0.29, 0.717) is 0 Å². The van der Waals surface area contributed by atoms with Gasteiger partial charge in [0.2, 0.25) is 5.91 Å². The number of rotatable bonds is 11. The minimum Gasteiger partial charge on any atom is -0.394 e. The number of carbonyl (C=O) groups is 1. The van der Waals surface area contributed by atoms with Crippen molar-refractivity contribution >= 4 is 5.91 Å². The zero-order chi connectivity index (χ0) is 34.7. The third-order valence-corrected chi connectivity index (χ3v) is 8.53. The molecule has 4 rings (SSSR count). The van der Waals surface area contributed by atoms with Crippen LogP contribution in [0.5, 0.6) is 0 Å². The maximum absolute atomic E-state index is 12.3. The molecule has 0 aromatic carbocycles. The van der Waals surface area contributed by atoms with Crippen molar-refractivity contribution in [3.63, 3.8) is 0 Å². The first kappa shape index (κ1) is 38.5. The molecule has 4 saturated heterocycles. The fraction of sp³-hybridized carbons (Fsp3) is 0.962. The number of hydrogen-bond donors (Lipinski definition) is 13. The largest absolute Gasteiger partial charge is 0.394 e. The highest BCUT2D eigenvalue weighted by atomic mass is 16.8. The van der Waals surface area contributed by atoms with Crippen molar-refractivity contribution in [2.75, 3.05) is 33.0 Å². The molecule has 0 bridgehead atoms. The summed E-state index contributed by atoms with van der Waals surface area (Å²) >= 11 is 0. The van der Waals surface area contributed by atoms with Gasteiger partial charge in [-0.3, -0.25) is 4.79 Å². The van der Waals surface area contributed by atoms with E-state index in [1.165, 1.54) is 0 Å². The van der Waals surface area contributed by atoms with E-state index in [9.17, 15) is 66.1 Å². The highest BCUT2D eigenvalue weighted by Gasteiger charge is 2.55. The fourth-order valence-electron chi connectivity index (χ4n) is 5.88. The lowest BCUT2D eigenvalue weighted by atomic mass is 9.94. The van der Waals surface area contributed by atoms with E-state index in [1.807, 2.05) is 0 Å². The predicted octanol–water partition coefficient (Wildman–Crippen LogP) is -8.92. The molecule has 1 amide bonds. The van der Waals surface area contributed by atoms with Crippen molar-refractivity contribution in [3.05, 3.63) is 0 Å². The van der Waals surface area contributed by atoms with Gasteiger partial charge in [-0.2, -0.15) is 0 Å². The molecular weight excluding hydrogens is 646 g/mol. The Balaban J connectivity index is 1.61. The first-order chi connectivity index (χ1) is 22.3. The van der Waals surface area contributed by atoms with E-state index < -0.39 is 149 Å². The van der Waals surface area contributed by atoms with Crippen LogP contribution in [0.1, 0.15) is 6.92 Å². The van der Waals surface area contributed by atoms with Crippen LogP contribution in [0.15, 0.2) is 0 Å². The van der Waals surface area contributed by atoms with Crippen molar-refractivity contribution in [1.82, 2.24) is 5.32 Å². The average molecular weight is 692 g/mol. The summed E-state index contributed by atoms with van der Waals surface area (Å²) in [7, 11) is 0. The van der Waals surface area contributed by atoms with Gasteiger partial charge in [0.25, 0.3) is 0 Å². The molecule has 4 fully saturated rings. The molecule has 13 N–H and O–H groups in total. The van der Waals surface area contributed by atoms with E-state index in [2.05, 4.69) is 5.32 Å². The lowest BCUT2D eigenvalue weighted by Gasteiger charge is -2.50. The third kappa shape index (κ3) is 8.20. The molecule has 21 heteroatoms. The van der Waals surface area contributed by atoms with Crippen LogP contribution >= 0.6 is 0 Å². The Morgan fingerprint density at radius 3 is 1.60 bits per heavy atom. The number of nitrogens with one attached hydrogen (secondary N) is 1. The van der Waals surface area contributed by atoms with E-state index in [1.54, 1.807) is 0 Å².